The van der Waals surface area contributed by atoms with Crippen LogP contribution in [0.25, 0.3) is 0 Å². The maximum absolute atomic E-state index is 12.3. The quantitative estimate of drug-likeness (QED) is 0.805. The fraction of sp³-hybridized carbons (Fsp3) is 0.429. The van der Waals surface area contributed by atoms with Crippen LogP contribution < -0.4 is 4.72 Å². The summed E-state index contributed by atoms with van der Waals surface area (Å²) in [4.78, 5) is 12.1. The van der Waals surface area contributed by atoms with Crippen LogP contribution in [-0.4, -0.2) is 28.0 Å². The molecule has 1 N–H and O–H groups in total. The molecule has 1 aliphatic rings. The fourth-order valence-corrected chi connectivity index (χ4v) is 3.90. The zero-order valence-corrected chi connectivity index (χ0v) is 14.3. The predicted octanol–water partition coefficient (Wildman–Crippen LogP) is 1.94. The lowest BCUT2D eigenvalue weighted by atomic mass is 10.0. The SMILES string of the molecule is COCCC1(C(=O)NS(=O)(=O)c2cc(Br)cc(C#N)c2)CC1. The monoisotopic (exact) mass is 386 g/mol. The summed E-state index contributed by atoms with van der Waals surface area (Å²) >= 11 is 3.15. The number of carbonyl (C=O) groups excluding carboxylic acids is 1. The van der Waals surface area contributed by atoms with Crippen LogP contribution in [0.1, 0.15) is 24.8 Å². The van der Waals surface area contributed by atoms with E-state index in [4.69, 9.17) is 10.00 Å². The van der Waals surface area contributed by atoms with Crippen molar-refractivity contribution in [3.63, 3.8) is 0 Å². The van der Waals surface area contributed by atoms with Crippen LogP contribution in [0.5, 0.6) is 0 Å². The summed E-state index contributed by atoms with van der Waals surface area (Å²) in [7, 11) is -2.47. The summed E-state index contributed by atoms with van der Waals surface area (Å²) in [6.07, 6.45) is 1.80. The van der Waals surface area contributed by atoms with Crippen LogP contribution in [0.3, 0.4) is 0 Å². The fourth-order valence-electron chi connectivity index (χ4n) is 2.11. The van der Waals surface area contributed by atoms with E-state index in [1.807, 2.05) is 6.07 Å². The standard InChI is InChI=1S/C14H15BrN2O4S/c1-21-5-4-14(2-3-14)13(18)17-22(19,20)12-7-10(9-16)6-11(15)8-12/h6-8H,2-5H2,1H3,(H,17,18). The van der Waals surface area contributed by atoms with Crippen molar-refractivity contribution in [3.8, 4) is 6.07 Å². The van der Waals surface area contributed by atoms with E-state index in [-0.39, 0.29) is 10.5 Å². The number of hydrogen-bond acceptors (Lipinski definition) is 5. The maximum atomic E-state index is 12.3. The van der Waals surface area contributed by atoms with Gasteiger partial charge >= 0.3 is 0 Å². The molecule has 8 heteroatoms. The van der Waals surface area contributed by atoms with E-state index >= 15 is 0 Å². The molecule has 0 spiro atoms. The average Bonchev–Trinajstić information content (AvgIpc) is 3.25. The van der Waals surface area contributed by atoms with Crippen molar-refractivity contribution < 1.29 is 17.9 Å². The van der Waals surface area contributed by atoms with E-state index < -0.39 is 21.3 Å². The van der Waals surface area contributed by atoms with E-state index in [0.29, 0.717) is 30.3 Å². The first-order valence-electron chi connectivity index (χ1n) is 6.60. The normalized spacial score (nSPS) is 15.9. The van der Waals surface area contributed by atoms with Gasteiger partial charge < -0.3 is 4.74 Å². The molecule has 0 heterocycles. The van der Waals surface area contributed by atoms with Gasteiger partial charge in [-0.15, -0.1) is 0 Å². The number of nitrogens with zero attached hydrogens (tertiary/aromatic N) is 1. The number of hydrogen-bond donors (Lipinski definition) is 1. The first-order chi connectivity index (χ1) is 10.3. The van der Waals surface area contributed by atoms with Gasteiger partial charge in [0.25, 0.3) is 10.0 Å². The number of nitrogens with one attached hydrogen (secondary N) is 1. The summed E-state index contributed by atoms with van der Waals surface area (Å²) in [5, 5.41) is 8.90. The number of benzene rings is 1. The summed E-state index contributed by atoms with van der Waals surface area (Å²) in [5.74, 6) is -0.511. The molecule has 0 aliphatic heterocycles. The van der Waals surface area contributed by atoms with Gasteiger partial charge in [-0.1, -0.05) is 15.9 Å². The summed E-state index contributed by atoms with van der Waals surface area (Å²) < 4.78 is 32.2. The second-order valence-electron chi connectivity index (χ2n) is 5.25. The van der Waals surface area contributed by atoms with Gasteiger partial charge in [0.1, 0.15) is 0 Å². The molecule has 0 saturated heterocycles. The van der Waals surface area contributed by atoms with Gasteiger partial charge in [-0.2, -0.15) is 5.26 Å². The van der Waals surface area contributed by atoms with Gasteiger partial charge in [-0.05, 0) is 37.5 Å². The molecule has 1 saturated carbocycles. The number of amides is 1. The average molecular weight is 387 g/mol. The first kappa shape index (κ1) is 16.9. The second-order valence-corrected chi connectivity index (χ2v) is 7.84. The van der Waals surface area contributed by atoms with Gasteiger partial charge in [-0.3, -0.25) is 4.79 Å². The van der Waals surface area contributed by atoms with Crippen LogP contribution in [0, 0.1) is 16.7 Å². The number of rotatable bonds is 6. The molecule has 1 fully saturated rings. The molecule has 22 heavy (non-hydrogen) atoms. The van der Waals surface area contributed by atoms with Crippen LogP contribution in [0.15, 0.2) is 27.6 Å². The Morgan fingerprint density at radius 3 is 2.68 bits per heavy atom. The first-order valence-corrected chi connectivity index (χ1v) is 8.87. The molecular formula is C14H15BrN2O4S. The molecule has 0 bridgehead atoms. The van der Waals surface area contributed by atoms with Crippen molar-refractivity contribution in [2.75, 3.05) is 13.7 Å². The lowest BCUT2D eigenvalue weighted by Gasteiger charge is -2.15. The molecule has 0 aromatic heterocycles. The Kier molecular flexibility index (Phi) is 4.90. The highest BCUT2D eigenvalue weighted by atomic mass is 79.9. The van der Waals surface area contributed by atoms with Crippen molar-refractivity contribution in [2.45, 2.75) is 24.2 Å². The molecular weight excluding hydrogens is 372 g/mol. The Hall–Kier alpha value is -1.43. The number of halogens is 1. The molecule has 118 valence electrons. The van der Waals surface area contributed by atoms with Crippen LogP contribution >= 0.6 is 15.9 Å². The Morgan fingerprint density at radius 2 is 2.14 bits per heavy atom. The van der Waals surface area contributed by atoms with E-state index in [0.717, 1.165) is 0 Å². The van der Waals surface area contributed by atoms with Crippen molar-refractivity contribution >= 4 is 31.9 Å². The van der Waals surface area contributed by atoms with E-state index in [1.165, 1.54) is 25.3 Å². The van der Waals surface area contributed by atoms with Gasteiger partial charge in [0.2, 0.25) is 5.91 Å². The lowest BCUT2D eigenvalue weighted by molar-refractivity contribution is -0.125. The van der Waals surface area contributed by atoms with Crippen LogP contribution in [0.4, 0.5) is 0 Å². The highest BCUT2D eigenvalue weighted by Crippen LogP contribution is 2.49. The number of nitriles is 1. The molecule has 1 amide bonds. The minimum atomic E-state index is -4.00. The van der Waals surface area contributed by atoms with Gasteiger partial charge in [0.15, 0.2) is 0 Å². The molecule has 0 radical (unpaired) electrons. The summed E-state index contributed by atoms with van der Waals surface area (Å²) in [5.41, 5.74) is -0.449. The van der Waals surface area contributed by atoms with Crippen molar-refractivity contribution in [1.29, 1.82) is 5.26 Å². The molecule has 2 rings (SSSR count). The Morgan fingerprint density at radius 1 is 1.45 bits per heavy atom. The molecule has 1 aliphatic carbocycles. The van der Waals surface area contributed by atoms with Crippen molar-refractivity contribution in [1.82, 2.24) is 4.72 Å². The van der Waals surface area contributed by atoms with E-state index in [9.17, 15) is 13.2 Å². The zero-order chi connectivity index (χ0) is 16.4. The molecule has 0 atom stereocenters. The maximum Gasteiger partial charge on any atom is 0.264 e. The Labute approximate surface area is 137 Å². The van der Waals surface area contributed by atoms with E-state index in [1.54, 1.807) is 0 Å². The number of methoxy groups -OCH3 is 1. The minimum absolute atomic E-state index is 0.116. The highest BCUT2D eigenvalue weighted by Gasteiger charge is 2.50. The molecule has 1 aromatic rings. The Bertz CT molecular complexity index is 736. The van der Waals surface area contributed by atoms with Crippen molar-refractivity contribution in [2.24, 2.45) is 5.41 Å². The van der Waals surface area contributed by atoms with Crippen molar-refractivity contribution in [3.05, 3.63) is 28.2 Å². The third kappa shape index (κ3) is 3.66. The zero-order valence-electron chi connectivity index (χ0n) is 11.9. The third-order valence-corrected chi connectivity index (χ3v) is 5.43. The second kappa shape index (κ2) is 6.36. The highest BCUT2D eigenvalue weighted by molar-refractivity contribution is 9.10. The predicted molar refractivity (Wildman–Crippen MR) is 82.3 cm³/mol. The van der Waals surface area contributed by atoms with Gasteiger partial charge in [0, 0.05) is 18.2 Å². The van der Waals surface area contributed by atoms with Crippen LogP contribution in [-0.2, 0) is 19.6 Å². The van der Waals surface area contributed by atoms with Gasteiger partial charge in [0.05, 0.1) is 21.9 Å². The smallest absolute Gasteiger partial charge is 0.264 e. The lowest BCUT2D eigenvalue weighted by Crippen LogP contribution is -2.37. The minimum Gasteiger partial charge on any atom is -0.385 e. The number of carbonyl (C=O) groups is 1. The topological polar surface area (TPSA) is 96.3 Å². The number of sulfonamides is 1. The molecule has 0 unspecified atom stereocenters. The third-order valence-electron chi connectivity index (χ3n) is 3.66. The van der Waals surface area contributed by atoms with E-state index in [2.05, 4.69) is 20.7 Å². The van der Waals surface area contributed by atoms with Crippen LogP contribution in [0.2, 0.25) is 0 Å². The molecule has 6 nitrogen and oxygen atoms in total. The largest absolute Gasteiger partial charge is 0.385 e. The number of ether oxygens (including phenoxy) is 1. The molecule has 1 aromatic carbocycles. The Balaban J connectivity index is 2.20. The van der Waals surface area contributed by atoms with Gasteiger partial charge in [-0.25, -0.2) is 13.1 Å². The summed E-state index contributed by atoms with van der Waals surface area (Å²) in [6.45, 7) is 0.406. The summed E-state index contributed by atoms with van der Waals surface area (Å²) in [6, 6.07) is 5.97.